The average Bonchev–Trinajstić information content (AvgIpc) is 2.96. The van der Waals surface area contributed by atoms with Gasteiger partial charge in [0.05, 0.1) is 22.5 Å². The molecule has 3 rings (SSSR count). The second kappa shape index (κ2) is 7.56. The van der Waals surface area contributed by atoms with Crippen molar-refractivity contribution in [2.24, 2.45) is 5.10 Å². The highest BCUT2D eigenvalue weighted by Crippen LogP contribution is 2.16. The Balaban J connectivity index is 1.91. The highest BCUT2D eigenvalue weighted by Gasteiger charge is 2.16. The van der Waals surface area contributed by atoms with Gasteiger partial charge in [0.2, 0.25) is 0 Å². The molecule has 0 atom stereocenters. The maximum absolute atomic E-state index is 12.9. The van der Waals surface area contributed by atoms with E-state index in [0.29, 0.717) is 17.0 Å². The van der Waals surface area contributed by atoms with Gasteiger partial charge >= 0.3 is 0 Å². The number of H-pyrrole nitrogens is 1. The molecule has 3 aromatic rings. The predicted molar refractivity (Wildman–Crippen MR) is 108 cm³/mol. The molecule has 1 amide bonds. The molecule has 0 aliphatic carbocycles. The van der Waals surface area contributed by atoms with Gasteiger partial charge in [-0.1, -0.05) is 18.2 Å². The summed E-state index contributed by atoms with van der Waals surface area (Å²) < 4.78 is 1.46. The van der Waals surface area contributed by atoms with Crippen LogP contribution in [0, 0.1) is 20.8 Å². The lowest BCUT2D eigenvalue weighted by molar-refractivity contribution is 0.0952. The zero-order valence-electron chi connectivity index (χ0n) is 16.2. The van der Waals surface area contributed by atoms with Crippen LogP contribution in [0.15, 0.2) is 52.4 Å². The first-order valence-corrected chi connectivity index (χ1v) is 8.82. The summed E-state index contributed by atoms with van der Waals surface area (Å²) >= 11 is 0. The van der Waals surface area contributed by atoms with Gasteiger partial charge in [-0.15, -0.1) is 0 Å². The first-order valence-electron chi connectivity index (χ1n) is 8.82. The van der Waals surface area contributed by atoms with Crippen molar-refractivity contribution in [1.82, 2.24) is 15.2 Å². The number of aromatic nitrogens is 2. The van der Waals surface area contributed by atoms with Gasteiger partial charge in [0.25, 0.3) is 11.5 Å². The Hall–Kier alpha value is -3.61. The van der Waals surface area contributed by atoms with Crippen LogP contribution in [0.5, 0.6) is 5.75 Å². The Morgan fingerprint density at radius 1 is 1.11 bits per heavy atom. The number of carbonyl (C=O) groups excluding carboxylic acids is 1. The van der Waals surface area contributed by atoms with Crippen LogP contribution in [-0.2, 0) is 0 Å². The summed E-state index contributed by atoms with van der Waals surface area (Å²) in [5.41, 5.74) is 6.59. The quantitative estimate of drug-likeness (QED) is 0.481. The number of aromatic amines is 1. The molecule has 3 N–H and O–H groups in total. The number of aromatic hydroxyl groups is 1. The number of nitrogens with zero attached hydrogens (tertiary/aromatic N) is 2. The predicted octanol–water partition coefficient (Wildman–Crippen LogP) is 2.95. The molecule has 0 radical (unpaired) electrons. The van der Waals surface area contributed by atoms with Crippen molar-refractivity contribution in [3.63, 3.8) is 0 Å². The van der Waals surface area contributed by atoms with E-state index in [9.17, 15) is 14.7 Å². The van der Waals surface area contributed by atoms with E-state index in [1.807, 2.05) is 32.0 Å². The number of phenolic OH excluding ortho intramolecular Hbond substituents is 1. The highest BCUT2D eigenvalue weighted by molar-refractivity contribution is 6.02. The number of benzene rings is 2. The summed E-state index contributed by atoms with van der Waals surface area (Å²) in [6, 6.07) is 11.9. The van der Waals surface area contributed by atoms with Gasteiger partial charge in [-0.25, -0.2) is 10.1 Å². The third kappa shape index (κ3) is 3.59. The molecule has 0 unspecified atom stereocenters. The minimum absolute atomic E-state index is 0.109. The van der Waals surface area contributed by atoms with Crippen molar-refractivity contribution >= 4 is 11.6 Å². The number of rotatable bonds is 4. The Morgan fingerprint density at radius 2 is 1.82 bits per heavy atom. The van der Waals surface area contributed by atoms with E-state index in [1.165, 1.54) is 16.8 Å². The van der Waals surface area contributed by atoms with E-state index in [0.717, 1.165) is 16.8 Å². The lowest BCUT2D eigenvalue weighted by Gasteiger charge is -2.05. The first kappa shape index (κ1) is 19.2. The SMILES string of the molecule is C/C(=N\NC(=O)c1ccccc1O)c1c(C)[nH]n(-c2ccc(C)c(C)c2)c1=O. The number of phenols is 1. The molecule has 144 valence electrons. The normalized spacial score (nSPS) is 11.5. The monoisotopic (exact) mass is 378 g/mol. The van der Waals surface area contributed by atoms with Gasteiger partial charge in [-0.2, -0.15) is 5.10 Å². The van der Waals surface area contributed by atoms with Crippen LogP contribution in [-0.4, -0.2) is 26.5 Å². The largest absolute Gasteiger partial charge is 0.507 e. The summed E-state index contributed by atoms with van der Waals surface area (Å²) in [6.45, 7) is 7.42. The number of aryl methyl sites for hydroxylation is 3. The standard InChI is InChI=1S/C21H22N4O3/c1-12-9-10-16(11-13(12)2)25-21(28)19(15(4)24-25)14(3)22-23-20(27)17-7-5-6-8-18(17)26/h5-11,24,26H,1-4H3,(H,23,27)/b22-14+. The summed E-state index contributed by atoms with van der Waals surface area (Å²) in [5.74, 6) is -0.692. The van der Waals surface area contributed by atoms with Crippen molar-refractivity contribution < 1.29 is 9.90 Å². The van der Waals surface area contributed by atoms with Crippen LogP contribution in [0.1, 0.15) is 39.7 Å². The molecule has 0 spiro atoms. The molecule has 28 heavy (non-hydrogen) atoms. The highest BCUT2D eigenvalue weighted by atomic mass is 16.3. The van der Waals surface area contributed by atoms with Gasteiger partial charge < -0.3 is 5.11 Å². The van der Waals surface area contributed by atoms with E-state index < -0.39 is 5.91 Å². The fraction of sp³-hybridized carbons (Fsp3) is 0.190. The number of hydrazone groups is 1. The Kier molecular flexibility index (Phi) is 5.17. The number of amides is 1. The Bertz CT molecular complexity index is 1140. The molecule has 1 aromatic heterocycles. The molecule has 1 heterocycles. The fourth-order valence-electron chi connectivity index (χ4n) is 2.94. The lowest BCUT2D eigenvalue weighted by atomic mass is 10.1. The maximum atomic E-state index is 12.9. The van der Waals surface area contributed by atoms with Gasteiger partial charge in [0, 0.05) is 5.69 Å². The molecule has 0 fully saturated rings. The van der Waals surface area contributed by atoms with E-state index in [1.54, 1.807) is 26.0 Å². The number of nitrogens with one attached hydrogen (secondary N) is 2. The third-order valence-corrected chi connectivity index (χ3v) is 4.66. The average molecular weight is 378 g/mol. The number of carbonyl (C=O) groups is 1. The maximum Gasteiger partial charge on any atom is 0.280 e. The first-order chi connectivity index (χ1) is 13.3. The second-order valence-corrected chi connectivity index (χ2v) is 6.68. The fourth-order valence-corrected chi connectivity index (χ4v) is 2.94. The minimum Gasteiger partial charge on any atom is -0.507 e. The van der Waals surface area contributed by atoms with Crippen LogP contribution in [0.25, 0.3) is 5.69 Å². The van der Waals surface area contributed by atoms with Gasteiger partial charge in [-0.3, -0.25) is 14.7 Å². The number of hydrogen-bond acceptors (Lipinski definition) is 4. The topological polar surface area (TPSA) is 99.5 Å². The van der Waals surface area contributed by atoms with E-state index in [-0.39, 0.29) is 16.9 Å². The second-order valence-electron chi connectivity index (χ2n) is 6.68. The lowest BCUT2D eigenvalue weighted by Crippen LogP contribution is -2.23. The number of hydrogen-bond donors (Lipinski definition) is 3. The Morgan fingerprint density at radius 3 is 2.50 bits per heavy atom. The molecule has 2 aromatic carbocycles. The zero-order chi connectivity index (χ0) is 20.4. The molecular formula is C21H22N4O3. The van der Waals surface area contributed by atoms with E-state index in [4.69, 9.17) is 0 Å². The van der Waals surface area contributed by atoms with E-state index in [2.05, 4.69) is 15.6 Å². The van der Waals surface area contributed by atoms with Crippen molar-refractivity contribution in [2.45, 2.75) is 27.7 Å². The molecule has 0 saturated carbocycles. The molecule has 0 saturated heterocycles. The minimum atomic E-state index is -0.555. The Labute approximate surface area is 162 Å². The summed E-state index contributed by atoms with van der Waals surface area (Å²) in [5, 5.41) is 16.9. The van der Waals surface area contributed by atoms with Gasteiger partial charge in [-0.05, 0) is 63.1 Å². The molecule has 0 aliphatic heterocycles. The van der Waals surface area contributed by atoms with E-state index >= 15 is 0 Å². The summed E-state index contributed by atoms with van der Waals surface area (Å²) in [6.07, 6.45) is 0. The van der Waals surface area contributed by atoms with Crippen LogP contribution in [0.3, 0.4) is 0 Å². The van der Waals surface area contributed by atoms with Crippen molar-refractivity contribution in [3.05, 3.63) is 80.8 Å². The van der Waals surface area contributed by atoms with Crippen LogP contribution >= 0.6 is 0 Å². The molecular weight excluding hydrogens is 356 g/mol. The van der Waals surface area contributed by atoms with Crippen LogP contribution < -0.4 is 11.0 Å². The molecule has 0 bridgehead atoms. The van der Waals surface area contributed by atoms with Crippen molar-refractivity contribution in [3.8, 4) is 11.4 Å². The van der Waals surface area contributed by atoms with Crippen LogP contribution in [0.2, 0.25) is 0 Å². The zero-order valence-corrected chi connectivity index (χ0v) is 16.2. The van der Waals surface area contributed by atoms with Gasteiger partial charge in [0.15, 0.2) is 0 Å². The summed E-state index contributed by atoms with van der Waals surface area (Å²) in [4.78, 5) is 25.1. The molecule has 7 heteroatoms. The molecule has 7 nitrogen and oxygen atoms in total. The third-order valence-electron chi connectivity index (χ3n) is 4.66. The number of para-hydroxylation sites is 1. The van der Waals surface area contributed by atoms with Crippen LogP contribution in [0.4, 0.5) is 0 Å². The van der Waals surface area contributed by atoms with Crippen molar-refractivity contribution in [2.75, 3.05) is 0 Å². The molecule has 0 aliphatic rings. The van der Waals surface area contributed by atoms with Gasteiger partial charge in [0.1, 0.15) is 5.75 Å². The summed E-state index contributed by atoms with van der Waals surface area (Å²) in [7, 11) is 0. The smallest absolute Gasteiger partial charge is 0.280 e. The van der Waals surface area contributed by atoms with Crippen molar-refractivity contribution in [1.29, 1.82) is 0 Å².